The van der Waals surface area contributed by atoms with Crippen LogP contribution in [0.2, 0.25) is 0 Å². The lowest BCUT2D eigenvalue weighted by Crippen LogP contribution is -2.39. The van der Waals surface area contributed by atoms with E-state index in [0.717, 1.165) is 19.6 Å². The maximum Gasteiger partial charge on any atom is 0.209 e. The van der Waals surface area contributed by atoms with Crippen molar-refractivity contribution in [2.45, 2.75) is 12.2 Å². The van der Waals surface area contributed by atoms with Crippen LogP contribution in [-0.4, -0.2) is 19.0 Å². The summed E-state index contributed by atoms with van der Waals surface area (Å²) in [4.78, 5) is 0. The normalized spacial score (nSPS) is 20.5. The summed E-state index contributed by atoms with van der Waals surface area (Å²) in [6, 6.07) is 8.80. The monoisotopic (exact) mass is 288 g/mol. The van der Waals surface area contributed by atoms with E-state index in [2.05, 4.69) is 54.6 Å². The molecule has 1 aliphatic heterocycles. The van der Waals surface area contributed by atoms with Crippen LogP contribution in [0.4, 0.5) is 0 Å². The van der Waals surface area contributed by atoms with Gasteiger partial charge >= 0.3 is 0 Å². The van der Waals surface area contributed by atoms with E-state index in [0.29, 0.717) is 0 Å². The van der Waals surface area contributed by atoms with Gasteiger partial charge in [-0.2, -0.15) is 0 Å². The van der Waals surface area contributed by atoms with Crippen LogP contribution in [0.1, 0.15) is 17.5 Å². The Labute approximate surface area is 128 Å². The Bertz CT molecular complexity index is 957. The Morgan fingerprint density at radius 1 is 0.818 bits per heavy atom. The topological polar surface area (TPSA) is 18.5 Å². The van der Waals surface area contributed by atoms with Crippen molar-refractivity contribution in [1.82, 2.24) is 0 Å². The molecule has 3 aliphatic rings. The Kier molecular flexibility index (Phi) is 2.49. The van der Waals surface area contributed by atoms with Gasteiger partial charge in [-0.25, -0.2) is 0 Å². The first-order chi connectivity index (χ1) is 10.8. The highest BCUT2D eigenvalue weighted by Gasteiger charge is 2.31. The molecule has 0 aromatic heterocycles. The fourth-order valence-corrected chi connectivity index (χ4v) is 3.59. The minimum Gasteiger partial charge on any atom is -0.343 e. The van der Waals surface area contributed by atoms with Crippen LogP contribution in [0.3, 0.4) is 0 Å². The average molecular weight is 288 g/mol. The van der Waals surface area contributed by atoms with E-state index in [4.69, 9.17) is 9.47 Å². The molecule has 2 aromatic carbocycles. The van der Waals surface area contributed by atoms with Gasteiger partial charge in [-0.15, -0.1) is 0 Å². The molecule has 0 atom stereocenters. The molecule has 1 heterocycles. The van der Waals surface area contributed by atoms with Gasteiger partial charge in [-0.3, -0.25) is 0 Å². The molecule has 1 fully saturated rings. The van der Waals surface area contributed by atoms with E-state index < -0.39 is 5.79 Å². The van der Waals surface area contributed by atoms with Crippen LogP contribution >= 0.6 is 0 Å². The van der Waals surface area contributed by atoms with Gasteiger partial charge < -0.3 is 9.47 Å². The molecule has 0 bridgehead atoms. The summed E-state index contributed by atoms with van der Waals surface area (Å²) in [6.45, 7) is 1.50. The zero-order chi connectivity index (χ0) is 14.6. The molecule has 2 aromatic rings. The van der Waals surface area contributed by atoms with Gasteiger partial charge in [-0.1, -0.05) is 48.6 Å². The summed E-state index contributed by atoms with van der Waals surface area (Å²) in [5, 5.41) is 5.07. The smallest absolute Gasteiger partial charge is 0.209 e. The maximum atomic E-state index is 5.87. The SMILES string of the molecule is C1=Cc2c(ccc3c4c(ccc23)=CC2(C=C4)OCCCO2)=C1. The Morgan fingerprint density at radius 2 is 1.55 bits per heavy atom. The number of benzene rings is 2. The molecule has 5 rings (SSSR count). The number of allylic oxidation sites excluding steroid dienone is 1. The van der Waals surface area contributed by atoms with Crippen LogP contribution in [0, 0.1) is 0 Å². The van der Waals surface area contributed by atoms with Gasteiger partial charge in [0, 0.05) is 0 Å². The molecule has 22 heavy (non-hydrogen) atoms. The van der Waals surface area contributed by atoms with Crippen LogP contribution in [0.25, 0.3) is 35.1 Å². The fraction of sp³-hybridized carbons (Fsp3) is 0.200. The zero-order valence-corrected chi connectivity index (χ0v) is 12.2. The van der Waals surface area contributed by atoms with Gasteiger partial charge in [0.1, 0.15) is 0 Å². The number of hydrogen-bond acceptors (Lipinski definition) is 2. The van der Waals surface area contributed by atoms with Gasteiger partial charge in [0.25, 0.3) is 0 Å². The molecule has 0 saturated carbocycles. The molecule has 0 N–H and O–H groups in total. The minimum atomic E-state index is -0.663. The summed E-state index contributed by atoms with van der Waals surface area (Å²) in [5.41, 5.74) is 2.57. The maximum absolute atomic E-state index is 5.87. The highest BCUT2D eigenvalue weighted by molar-refractivity contribution is 5.98. The number of rotatable bonds is 0. The zero-order valence-electron chi connectivity index (χ0n) is 12.2. The molecule has 2 nitrogen and oxygen atoms in total. The van der Waals surface area contributed by atoms with E-state index in [1.807, 2.05) is 6.08 Å². The summed E-state index contributed by atoms with van der Waals surface area (Å²) in [7, 11) is 0. The van der Waals surface area contributed by atoms with E-state index in [-0.39, 0.29) is 0 Å². The molecule has 0 unspecified atom stereocenters. The molecule has 0 radical (unpaired) electrons. The summed E-state index contributed by atoms with van der Waals surface area (Å²) >= 11 is 0. The molecular formula is C20H16O2. The first-order valence-electron chi connectivity index (χ1n) is 7.79. The molecule has 1 spiro atoms. The molecule has 2 heteroatoms. The van der Waals surface area contributed by atoms with Gasteiger partial charge in [0.15, 0.2) is 0 Å². The first-order valence-corrected chi connectivity index (χ1v) is 7.79. The third-order valence-corrected chi connectivity index (χ3v) is 4.67. The predicted octanol–water partition coefficient (Wildman–Crippen LogP) is 2.59. The first kappa shape index (κ1) is 12.4. The third kappa shape index (κ3) is 1.68. The fourth-order valence-electron chi connectivity index (χ4n) is 3.59. The van der Waals surface area contributed by atoms with Gasteiger partial charge in [0.2, 0.25) is 5.79 Å². The highest BCUT2D eigenvalue weighted by Crippen LogP contribution is 2.29. The van der Waals surface area contributed by atoms with Crippen LogP contribution in [0.15, 0.2) is 36.4 Å². The summed E-state index contributed by atoms with van der Waals surface area (Å²) in [5.74, 6) is -0.663. The second kappa shape index (κ2) is 4.42. The molecule has 2 aliphatic carbocycles. The minimum absolute atomic E-state index is 0.663. The number of fused-ring (bicyclic) bond motifs is 5. The van der Waals surface area contributed by atoms with Crippen molar-refractivity contribution in [3.05, 3.63) is 58.0 Å². The lowest BCUT2D eigenvalue weighted by atomic mass is 9.93. The number of ether oxygens (including phenoxy) is 2. The van der Waals surface area contributed by atoms with Crippen molar-refractivity contribution in [2.75, 3.05) is 13.2 Å². The average Bonchev–Trinajstić information content (AvgIpc) is 3.04. The third-order valence-electron chi connectivity index (χ3n) is 4.67. The van der Waals surface area contributed by atoms with Crippen molar-refractivity contribution >= 4 is 35.1 Å². The summed E-state index contributed by atoms with van der Waals surface area (Å²) < 4.78 is 11.7. The van der Waals surface area contributed by atoms with Gasteiger partial charge in [0.05, 0.1) is 13.2 Å². The Hall–Kier alpha value is -2.16. The van der Waals surface area contributed by atoms with Crippen molar-refractivity contribution in [3.63, 3.8) is 0 Å². The van der Waals surface area contributed by atoms with E-state index in [9.17, 15) is 0 Å². The van der Waals surface area contributed by atoms with Crippen molar-refractivity contribution in [2.24, 2.45) is 0 Å². The van der Waals surface area contributed by atoms with Crippen molar-refractivity contribution in [1.29, 1.82) is 0 Å². The predicted molar refractivity (Wildman–Crippen MR) is 89.4 cm³/mol. The molecule has 1 saturated heterocycles. The number of hydrogen-bond donors (Lipinski definition) is 0. The lowest BCUT2D eigenvalue weighted by molar-refractivity contribution is -0.195. The van der Waals surface area contributed by atoms with E-state index in [1.165, 1.54) is 32.3 Å². The van der Waals surface area contributed by atoms with E-state index in [1.54, 1.807) is 0 Å². The Morgan fingerprint density at radius 3 is 2.36 bits per heavy atom. The molecule has 0 amide bonds. The summed E-state index contributed by atoms with van der Waals surface area (Å²) in [6.07, 6.45) is 13.7. The van der Waals surface area contributed by atoms with Gasteiger partial charge in [-0.05, 0) is 50.9 Å². The largest absolute Gasteiger partial charge is 0.343 e. The van der Waals surface area contributed by atoms with E-state index >= 15 is 0 Å². The Balaban J connectivity index is 1.78. The molecular weight excluding hydrogens is 272 g/mol. The van der Waals surface area contributed by atoms with Crippen molar-refractivity contribution in [3.8, 4) is 0 Å². The molecule has 108 valence electrons. The standard InChI is InChI=1S/C20H16O2/c1-3-14-5-7-19-17-9-10-20(21-11-2-12-22-20)13-15(17)6-8-18(19)16(14)4-1/h1,3-10,13H,2,11-12H2. The van der Waals surface area contributed by atoms with Crippen LogP contribution in [0.5, 0.6) is 0 Å². The lowest BCUT2D eigenvalue weighted by Gasteiger charge is -2.33. The van der Waals surface area contributed by atoms with Crippen LogP contribution in [-0.2, 0) is 9.47 Å². The van der Waals surface area contributed by atoms with Crippen LogP contribution < -0.4 is 10.4 Å². The quantitative estimate of drug-likeness (QED) is 0.742. The van der Waals surface area contributed by atoms with Crippen molar-refractivity contribution < 1.29 is 9.47 Å². The second-order valence-electron chi connectivity index (χ2n) is 6.01. The second-order valence-corrected chi connectivity index (χ2v) is 6.01. The highest BCUT2D eigenvalue weighted by atomic mass is 16.7.